The molecule has 0 aliphatic carbocycles. The van der Waals surface area contributed by atoms with E-state index in [1.807, 2.05) is 32.9 Å². The van der Waals surface area contributed by atoms with Gasteiger partial charge in [-0.05, 0) is 57.9 Å². The molecule has 1 aliphatic heterocycles. The van der Waals surface area contributed by atoms with Crippen LogP contribution in [0.4, 0.5) is 4.79 Å². The minimum atomic E-state index is -0.488. The summed E-state index contributed by atoms with van der Waals surface area (Å²) in [5, 5.41) is 2.89. The van der Waals surface area contributed by atoms with E-state index < -0.39 is 5.60 Å². The van der Waals surface area contributed by atoms with Crippen molar-refractivity contribution in [1.82, 2.24) is 10.2 Å². The summed E-state index contributed by atoms with van der Waals surface area (Å²) in [6.07, 6.45) is 3.00. The summed E-state index contributed by atoms with van der Waals surface area (Å²) in [6.45, 7) is 7.95. The smallest absolute Gasteiger partial charge is 0.407 e. The minimum Gasteiger partial charge on any atom is -0.465 e. The number of likely N-dealkylation sites (tertiary alicyclic amines) is 1. The molecule has 1 atom stereocenters. The van der Waals surface area contributed by atoms with Crippen LogP contribution in [-0.4, -0.2) is 48.8 Å². The molecule has 0 saturated carbocycles. The Morgan fingerprint density at radius 2 is 1.88 bits per heavy atom. The number of carbonyl (C=O) groups excluding carboxylic acids is 2. The van der Waals surface area contributed by atoms with E-state index in [2.05, 4.69) is 10.2 Å². The van der Waals surface area contributed by atoms with Gasteiger partial charge >= 0.3 is 12.1 Å². The van der Waals surface area contributed by atoms with Gasteiger partial charge in [0.2, 0.25) is 0 Å². The van der Waals surface area contributed by atoms with Crippen molar-refractivity contribution in [2.45, 2.75) is 58.2 Å². The zero-order valence-corrected chi connectivity index (χ0v) is 16.2. The van der Waals surface area contributed by atoms with Gasteiger partial charge in [-0.15, -0.1) is 0 Å². The summed E-state index contributed by atoms with van der Waals surface area (Å²) in [4.78, 5) is 25.8. The third-order valence-electron chi connectivity index (χ3n) is 4.39. The van der Waals surface area contributed by atoms with E-state index in [1.165, 1.54) is 13.5 Å². The molecule has 0 aromatic heterocycles. The number of amides is 1. The number of piperidine rings is 1. The van der Waals surface area contributed by atoms with Crippen LogP contribution in [0.15, 0.2) is 24.3 Å². The fraction of sp³-hybridized carbons (Fsp3) is 0.600. The van der Waals surface area contributed by atoms with Crippen molar-refractivity contribution in [3.8, 4) is 0 Å². The van der Waals surface area contributed by atoms with Gasteiger partial charge in [-0.3, -0.25) is 4.90 Å². The van der Waals surface area contributed by atoms with E-state index in [0.717, 1.165) is 31.5 Å². The van der Waals surface area contributed by atoms with Gasteiger partial charge in [0.25, 0.3) is 0 Å². The number of nitrogens with one attached hydrogen (secondary N) is 1. The van der Waals surface area contributed by atoms with E-state index in [0.29, 0.717) is 12.1 Å². The van der Waals surface area contributed by atoms with Crippen molar-refractivity contribution < 1.29 is 19.1 Å². The number of rotatable bonds is 5. The molecule has 1 unspecified atom stereocenters. The second-order valence-electron chi connectivity index (χ2n) is 7.69. The fourth-order valence-electron chi connectivity index (χ4n) is 3.11. The Morgan fingerprint density at radius 1 is 1.19 bits per heavy atom. The van der Waals surface area contributed by atoms with Crippen LogP contribution >= 0.6 is 0 Å². The lowest BCUT2D eigenvalue weighted by molar-refractivity contribution is 0.0491. The molecule has 0 spiro atoms. The molecule has 26 heavy (non-hydrogen) atoms. The first-order chi connectivity index (χ1) is 12.3. The number of esters is 1. The number of hydrogen-bond donors (Lipinski definition) is 1. The predicted molar refractivity (Wildman–Crippen MR) is 100 cm³/mol. The Morgan fingerprint density at radius 3 is 2.50 bits per heavy atom. The van der Waals surface area contributed by atoms with Gasteiger partial charge in [-0.25, -0.2) is 9.59 Å². The maximum absolute atomic E-state index is 11.9. The van der Waals surface area contributed by atoms with Crippen LogP contribution in [0, 0.1) is 0 Å². The Bertz CT molecular complexity index is 607. The third kappa shape index (κ3) is 6.33. The normalized spacial score (nSPS) is 18.2. The maximum atomic E-state index is 11.9. The Hall–Kier alpha value is -2.08. The second-order valence-corrected chi connectivity index (χ2v) is 7.69. The van der Waals surface area contributed by atoms with Crippen molar-refractivity contribution in [1.29, 1.82) is 0 Å². The van der Waals surface area contributed by atoms with E-state index >= 15 is 0 Å². The van der Waals surface area contributed by atoms with Crippen molar-refractivity contribution >= 4 is 12.1 Å². The molecule has 1 aromatic carbocycles. The van der Waals surface area contributed by atoms with Gasteiger partial charge in [-0.2, -0.15) is 0 Å². The standard InChI is InChI=1S/C20H30N2O4/c1-20(2,3)26-19(24)21-13-17-7-5-6-12-22(17)14-15-8-10-16(11-9-15)18(23)25-4/h8-11,17H,5-7,12-14H2,1-4H3,(H,21,24). The van der Waals surface area contributed by atoms with Crippen LogP contribution in [0.5, 0.6) is 0 Å². The highest BCUT2D eigenvalue weighted by Crippen LogP contribution is 2.20. The molecular formula is C20H30N2O4. The van der Waals surface area contributed by atoms with E-state index in [4.69, 9.17) is 9.47 Å². The molecule has 6 heteroatoms. The first kappa shape index (κ1) is 20.2. The highest BCUT2D eigenvalue weighted by molar-refractivity contribution is 5.89. The van der Waals surface area contributed by atoms with Crippen LogP contribution in [0.3, 0.4) is 0 Å². The molecule has 6 nitrogen and oxygen atoms in total. The number of hydrogen-bond acceptors (Lipinski definition) is 5. The lowest BCUT2D eigenvalue weighted by atomic mass is 10.0. The van der Waals surface area contributed by atoms with Gasteiger partial charge in [-0.1, -0.05) is 18.6 Å². The Kier molecular flexibility index (Phi) is 7.03. The molecule has 1 heterocycles. The van der Waals surface area contributed by atoms with Crippen LogP contribution < -0.4 is 5.32 Å². The van der Waals surface area contributed by atoms with Crippen LogP contribution in [0.25, 0.3) is 0 Å². The highest BCUT2D eigenvalue weighted by atomic mass is 16.6. The van der Waals surface area contributed by atoms with Crippen LogP contribution in [0.1, 0.15) is 56.0 Å². The largest absolute Gasteiger partial charge is 0.465 e. The molecule has 0 bridgehead atoms. The predicted octanol–water partition coefficient (Wildman–Crippen LogP) is 3.35. The summed E-state index contributed by atoms with van der Waals surface area (Å²) in [6, 6.07) is 7.79. The van der Waals surface area contributed by atoms with Crippen molar-refractivity contribution in [3.05, 3.63) is 35.4 Å². The zero-order valence-electron chi connectivity index (χ0n) is 16.2. The van der Waals surface area contributed by atoms with Gasteiger partial charge in [0.15, 0.2) is 0 Å². The Balaban J connectivity index is 1.91. The summed E-state index contributed by atoms with van der Waals surface area (Å²) >= 11 is 0. The molecule has 1 fully saturated rings. The molecule has 2 rings (SSSR count). The lowest BCUT2D eigenvalue weighted by Gasteiger charge is -2.36. The number of ether oxygens (including phenoxy) is 2. The molecule has 1 N–H and O–H groups in total. The van der Waals surface area contributed by atoms with E-state index in [-0.39, 0.29) is 18.1 Å². The molecule has 1 aliphatic rings. The first-order valence-corrected chi connectivity index (χ1v) is 9.16. The fourth-order valence-corrected chi connectivity index (χ4v) is 3.11. The van der Waals surface area contributed by atoms with E-state index in [1.54, 1.807) is 12.1 Å². The van der Waals surface area contributed by atoms with Crippen molar-refractivity contribution in [3.63, 3.8) is 0 Å². The minimum absolute atomic E-state index is 0.288. The number of benzene rings is 1. The van der Waals surface area contributed by atoms with Gasteiger partial charge < -0.3 is 14.8 Å². The number of alkyl carbamates (subject to hydrolysis) is 1. The average molecular weight is 362 g/mol. The summed E-state index contributed by atoms with van der Waals surface area (Å²) in [5.74, 6) is -0.325. The quantitative estimate of drug-likeness (QED) is 0.814. The highest BCUT2D eigenvalue weighted by Gasteiger charge is 2.24. The summed E-state index contributed by atoms with van der Waals surface area (Å²) in [7, 11) is 1.38. The summed E-state index contributed by atoms with van der Waals surface area (Å²) < 4.78 is 10.0. The number of nitrogens with zero attached hydrogens (tertiary/aromatic N) is 1. The molecule has 1 aromatic rings. The number of methoxy groups -OCH3 is 1. The molecule has 1 amide bonds. The van der Waals surface area contributed by atoms with Crippen molar-refractivity contribution in [2.24, 2.45) is 0 Å². The van der Waals surface area contributed by atoms with E-state index in [9.17, 15) is 9.59 Å². The van der Waals surface area contributed by atoms with Gasteiger partial charge in [0.05, 0.1) is 12.7 Å². The topological polar surface area (TPSA) is 67.9 Å². The maximum Gasteiger partial charge on any atom is 0.407 e. The van der Waals surface area contributed by atoms with Crippen LogP contribution in [0.2, 0.25) is 0 Å². The molecule has 1 saturated heterocycles. The number of carbonyl (C=O) groups is 2. The average Bonchev–Trinajstić information content (AvgIpc) is 2.59. The first-order valence-electron chi connectivity index (χ1n) is 9.16. The molecule has 0 radical (unpaired) electrons. The second kappa shape index (κ2) is 9.03. The Labute approximate surface area is 155 Å². The van der Waals surface area contributed by atoms with Gasteiger partial charge in [0.1, 0.15) is 5.60 Å². The third-order valence-corrected chi connectivity index (χ3v) is 4.39. The van der Waals surface area contributed by atoms with Gasteiger partial charge in [0, 0.05) is 19.1 Å². The molecule has 144 valence electrons. The van der Waals surface area contributed by atoms with Crippen LogP contribution in [-0.2, 0) is 16.0 Å². The SMILES string of the molecule is COC(=O)c1ccc(CN2CCCCC2CNC(=O)OC(C)(C)C)cc1. The monoisotopic (exact) mass is 362 g/mol. The van der Waals surface area contributed by atoms with Crippen molar-refractivity contribution in [2.75, 3.05) is 20.2 Å². The zero-order chi connectivity index (χ0) is 19.2. The lowest BCUT2D eigenvalue weighted by Crippen LogP contribution is -2.47. The summed E-state index contributed by atoms with van der Waals surface area (Å²) in [5.41, 5.74) is 1.21. The molecular weight excluding hydrogens is 332 g/mol.